The minimum atomic E-state index is -0.477. The minimum Gasteiger partial charge on any atom is -0.366 e. The van der Waals surface area contributed by atoms with Crippen molar-refractivity contribution in [1.82, 2.24) is 4.90 Å². The molecule has 0 spiro atoms. The molecule has 110 valence electrons. The lowest BCUT2D eigenvalue weighted by atomic mass is 9.99. The Labute approximate surface area is 119 Å². The van der Waals surface area contributed by atoms with Crippen molar-refractivity contribution < 1.29 is 9.59 Å². The number of amides is 2. The molecule has 0 aliphatic heterocycles. The van der Waals surface area contributed by atoms with Gasteiger partial charge in [-0.2, -0.15) is 0 Å². The summed E-state index contributed by atoms with van der Waals surface area (Å²) >= 11 is 0. The maximum atomic E-state index is 12.1. The average molecular weight is 277 g/mol. The van der Waals surface area contributed by atoms with Crippen molar-refractivity contribution in [2.45, 2.75) is 32.9 Å². The van der Waals surface area contributed by atoms with E-state index in [9.17, 15) is 9.59 Å². The lowest BCUT2D eigenvalue weighted by Gasteiger charge is -2.24. The molecule has 0 radical (unpaired) electrons. The summed E-state index contributed by atoms with van der Waals surface area (Å²) in [6, 6.07) is 6.42. The van der Waals surface area contributed by atoms with E-state index in [4.69, 9.17) is 11.5 Å². The molecule has 1 aromatic rings. The largest absolute Gasteiger partial charge is 0.366 e. The van der Waals surface area contributed by atoms with Crippen LogP contribution in [0.3, 0.4) is 0 Å². The van der Waals surface area contributed by atoms with Gasteiger partial charge in [0.2, 0.25) is 11.8 Å². The number of primary amides is 1. The molecule has 4 N–H and O–H groups in total. The molecule has 0 aliphatic carbocycles. The smallest absolute Gasteiger partial charge is 0.248 e. The van der Waals surface area contributed by atoms with Crippen LogP contribution in [0.25, 0.3) is 0 Å². The Bertz CT molecular complexity index is 471. The maximum absolute atomic E-state index is 12.1. The van der Waals surface area contributed by atoms with E-state index in [2.05, 4.69) is 0 Å². The number of nitrogens with zero attached hydrogens (tertiary/aromatic N) is 1. The first kappa shape index (κ1) is 16.2. The maximum Gasteiger partial charge on any atom is 0.248 e. The van der Waals surface area contributed by atoms with Crippen molar-refractivity contribution in [2.24, 2.45) is 17.4 Å². The summed E-state index contributed by atoms with van der Waals surface area (Å²) in [5.41, 5.74) is 12.5. The van der Waals surface area contributed by atoms with Crippen molar-refractivity contribution >= 4 is 11.8 Å². The Kier molecular flexibility index (Phi) is 5.70. The molecular weight excluding hydrogens is 254 g/mol. The van der Waals surface area contributed by atoms with Crippen molar-refractivity contribution in [3.05, 3.63) is 35.4 Å². The molecule has 0 saturated carbocycles. The van der Waals surface area contributed by atoms with Crippen molar-refractivity contribution in [3.63, 3.8) is 0 Å². The molecule has 1 aromatic carbocycles. The van der Waals surface area contributed by atoms with Crippen LogP contribution in [-0.2, 0) is 11.3 Å². The number of hydrogen-bond donors (Lipinski definition) is 2. The predicted molar refractivity (Wildman–Crippen MR) is 78.9 cm³/mol. The summed E-state index contributed by atoms with van der Waals surface area (Å²) < 4.78 is 0. The van der Waals surface area contributed by atoms with E-state index in [-0.39, 0.29) is 11.8 Å². The molecule has 0 bridgehead atoms. The fourth-order valence-electron chi connectivity index (χ4n) is 1.88. The zero-order valence-corrected chi connectivity index (χ0v) is 12.3. The van der Waals surface area contributed by atoms with Crippen molar-refractivity contribution in [1.29, 1.82) is 0 Å². The third kappa shape index (κ3) is 4.06. The van der Waals surface area contributed by atoms with Gasteiger partial charge in [0.25, 0.3) is 0 Å². The van der Waals surface area contributed by atoms with Crippen LogP contribution in [0.5, 0.6) is 0 Å². The Morgan fingerprint density at radius 2 is 1.80 bits per heavy atom. The molecule has 0 unspecified atom stereocenters. The normalized spacial score (nSPS) is 13.6. The second kappa shape index (κ2) is 7.05. The lowest BCUT2D eigenvalue weighted by Crippen LogP contribution is -2.45. The first-order valence-electron chi connectivity index (χ1n) is 6.76. The summed E-state index contributed by atoms with van der Waals surface area (Å²) in [6.07, 6.45) is 0.869. The number of carbonyl (C=O) groups excluding carboxylic acids is 2. The Morgan fingerprint density at radius 1 is 1.25 bits per heavy atom. The van der Waals surface area contributed by atoms with Crippen LogP contribution in [0.15, 0.2) is 24.3 Å². The highest BCUT2D eigenvalue weighted by molar-refractivity contribution is 5.92. The number of nitrogens with two attached hydrogens (primary N) is 2. The molecule has 0 aliphatic rings. The first-order valence-corrected chi connectivity index (χ1v) is 6.76. The zero-order chi connectivity index (χ0) is 15.3. The first-order chi connectivity index (χ1) is 9.36. The Morgan fingerprint density at radius 3 is 2.25 bits per heavy atom. The number of hydrogen-bond acceptors (Lipinski definition) is 3. The highest BCUT2D eigenvalue weighted by atomic mass is 16.2. The molecule has 0 aromatic heterocycles. The van der Waals surface area contributed by atoms with E-state index >= 15 is 0 Å². The fourth-order valence-corrected chi connectivity index (χ4v) is 1.88. The highest BCUT2D eigenvalue weighted by Gasteiger charge is 2.22. The summed E-state index contributed by atoms with van der Waals surface area (Å²) in [6.45, 7) is 4.44. The highest BCUT2D eigenvalue weighted by Crippen LogP contribution is 2.11. The molecule has 5 nitrogen and oxygen atoms in total. The van der Waals surface area contributed by atoms with Gasteiger partial charge in [-0.15, -0.1) is 0 Å². The van der Waals surface area contributed by atoms with Gasteiger partial charge in [0, 0.05) is 19.2 Å². The summed E-state index contributed by atoms with van der Waals surface area (Å²) in [5.74, 6) is -0.375. The van der Waals surface area contributed by atoms with Crippen LogP contribution in [-0.4, -0.2) is 29.8 Å². The van der Waals surface area contributed by atoms with Gasteiger partial charge in [0.05, 0.1) is 6.04 Å². The third-order valence-electron chi connectivity index (χ3n) is 3.58. The molecule has 0 saturated heterocycles. The van der Waals surface area contributed by atoms with Crippen molar-refractivity contribution in [3.8, 4) is 0 Å². The second-order valence-electron chi connectivity index (χ2n) is 5.17. The van der Waals surface area contributed by atoms with Crippen molar-refractivity contribution in [2.75, 3.05) is 7.05 Å². The molecule has 0 fully saturated rings. The van der Waals surface area contributed by atoms with Gasteiger partial charge < -0.3 is 16.4 Å². The molecule has 2 amide bonds. The molecule has 20 heavy (non-hydrogen) atoms. The van der Waals surface area contributed by atoms with Crippen LogP contribution in [0.1, 0.15) is 36.2 Å². The van der Waals surface area contributed by atoms with Crippen LogP contribution in [0, 0.1) is 5.92 Å². The molecule has 1 rings (SSSR count). The van der Waals surface area contributed by atoms with E-state index in [1.165, 1.54) is 0 Å². The van der Waals surface area contributed by atoms with Gasteiger partial charge in [-0.1, -0.05) is 32.4 Å². The quantitative estimate of drug-likeness (QED) is 0.816. The van der Waals surface area contributed by atoms with E-state index < -0.39 is 11.9 Å². The Balaban J connectivity index is 2.68. The predicted octanol–water partition coefficient (Wildman–Crippen LogP) is 1.12. The van der Waals surface area contributed by atoms with Crippen LogP contribution >= 0.6 is 0 Å². The van der Waals surface area contributed by atoms with Gasteiger partial charge in [0.1, 0.15) is 0 Å². The van der Waals surface area contributed by atoms with Gasteiger partial charge in [-0.3, -0.25) is 9.59 Å². The van der Waals surface area contributed by atoms with Gasteiger partial charge in [0.15, 0.2) is 0 Å². The van der Waals surface area contributed by atoms with Crippen LogP contribution in [0.2, 0.25) is 0 Å². The Hall–Kier alpha value is -1.88. The number of benzene rings is 1. The van der Waals surface area contributed by atoms with E-state index in [0.717, 1.165) is 12.0 Å². The SMILES string of the molecule is CC[C@H](C)[C@H](N)C(=O)N(C)Cc1ccc(C(N)=O)cc1. The number of rotatable bonds is 6. The average Bonchev–Trinajstić information content (AvgIpc) is 2.45. The molecule has 0 heterocycles. The zero-order valence-electron chi connectivity index (χ0n) is 12.3. The number of likely N-dealkylation sites (N-methyl/N-ethyl adjacent to an activating group) is 1. The summed E-state index contributed by atoms with van der Waals surface area (Å²) in [7, 11) is 1.73. The lowest BCUT2D eigenvalue weighted by molar-refractivity contribution is -0.132. The monoisotopic (exact) mass is 277 g/mol. The minimum absolute atomic E-state index is 0.0710. The van der Waals surface area contributed by atoms with Gasteiger partial charge in [-0.25, -0.2) is 0 Å². The number of carbonyl (C=O) groups is 2. The second-order valence-corrected chi connectivity index (χ2v) is 5.17. The summed E-state index contributed by atoms with van der Waals surface area (Å²) in [5, 5.41) is 0. The van der Waals surface area contributed by atoms with Crippen LogP contribution in [0.4, 0.5) is 0 Å². The molecule has 5 heteroatoms. The fraction of sp³-hybridized carbons (Fsp3) is 0.467. The van der Waals surface area contributed by atoms with E-state index in [0.29, 0.717) is 12.1 Å². The van der Waals surface area contributed by atoms with E-state index in [1.54, 1.807) is 36.2 Å². The van der Waals surface area contributed by atoms with Gasteiger partial charge >= 0.3 is 0 Å². The molecular formula is C15H23N3O2. The third-order valence-corrected chi connectivity index (χ3v) is 3.58. The van der Waals surface area contributed by atoms with Gasteiger partial charge in [-0.05, 0) is 23.6 Å². The van der Waals surface area contributed by atoms with Crippen LogP contribution < -0.4 is 11.5 Å². The topological polar surface area (TPSA) is 89.4 Å². The molecule has 2 atom stereocenters. The standard InChI is InChI=1S/C15H23N3O2/c1-4-10(2)13(16)15(20)18(3)9-11-5-7-12(8-6-11)14(17)19/h5-8,10,13H,4,9,16H2,1-3H3,(H2,17,19)/t10-,13-/m0/s1. The summed E-state index contributed by atoms with van der Waals surface area (Å²) in [4.78, 5) is 24.7. The van der Waals surface area contributed by atoms with E-state index in [1.807, 2.05) is 13.8 Å².